The van der Waals surface area contributed by atoms with E-state index in [1.807, 2.05) is 12.1 Å². The van der Waals surface area contributed by atoms with E-state index in [0.29, 0.717) is 12.1 Å². The maximum absolute atomic E-state index is 11.0. The minimum atomic E-state index is -0.393. The summed E-state index contributed by atoms with van der Waals surface area (Å²) >= 11 is 0. The highest BCUT2D eigenvalue weighted by Crippen LogP contribution is 2.20. The molecule has 1 saturated heterocycles. The van der Waals surface area contributed by atoms with Crippen molar-refractivity contribution >= 4 is 11.9 Å². The van der Waals surface area contributed by atoms with Crippen LogP contribution in [0.2, 0.25) is 0 Å². The second-order valence-electron chi connectivity index (χ2n) is 3.45. The van der Waals surface area contributed by atoms with Gasteiger partial charge in [-0.1, -0.05) is 24.3 Å². The van der Waals surface area contributed by atoms with Gasteiger partial charge in [0.15, 0.2) is 5.78 Å². The van der Waals surface area contributed by atoms with Crippen molar-refractivity contribution in [3.05, 3.63) is 35.4 Å². The average Bonchev–Trinajstić information content (AvgIpc) is 2.65. The van der Waals surface area contributed by atoms with Crippen molar-refractivity contribution in [3.63, 3.8) is 0 Å². The van der Waals surface area contributed by atoms with E-state index in [9.17, 15) is 9.59 Å². The number of benzene rings is 1. The first-order chi connectivity index (χ1) is 7.16. The molecular weight excluding hydrogens is 194 g/mol. The lowest BCUT2D eigenvalue weighted by Crippen LogP contribution is -2.12. The second-order valence-corrected chi connectivity index (χ2v) is 3.45. The van der Waals surface area contributed by atoms with E-state index in [-0.39, 0.29) is 11.9 Å². The van der Waals surface area contributed by atoms with Crippen molar-refractivity contribution in [2.45, 2.75) is 13.0 Å². The van der Waals surface area contributed by atoms with Crippen molar-refractivity contribution in [2.24, 2.45) is 0 Å². The molecule has 1 heterocycles. The molecule has 1 atom stereocenters. The summed E-state index contributed by atoms with van der Waals surface area (Å²) in [4.78, 5) is 21.8. The Kier molecular flexibility index (Phi) is 2.41. The van der Waals surface area contributed by atoms with Gasteiger partial charge in [0.2, 0.25) is 0 Å². The minimum Gasteiger partial charge on any atom is -0.439 e. The van der Waals surface area contributed by atoms with E-state index in [4.69, 9.17) is 4.74 Å². The fraction of sp³-hybridized carbons (Fsp3) is 0.273. The first-order valence-corrected chi connectivity index (χ1v) is 4.72. The Morgan fingerprint density at radius 1 is 1.40 bits per heavy atom. The number of alkyl carbamates (subject to hydrolysis) is 1. The van der Waals surface area contributed by atoms with Crippen molar-refractivity contribution < 1.29 is 14.3 Å². The fourth-order valence-electron chi connectivity index (χ4n) is 1.51. The van der Waals surface area contributed by atoms with Crippen molar-refractivity contribution in [1.82, 2.24) is 5.32 Å². The molecule has 2 rings (SSSR count). The van der Waals surface area contributed by atoms with Crippen LogP contribution in [0.15, 0.2) is 24.3 Å². The van der Waals surface area contributed by atoms with Crippen LogP contribution < -0.4 is 5.32 Å². The van der Waals surface area contributed by atoms with Crippen LogP contribution in [0.4, 0.5) is 4.79 Å². The summed E-state index contributed by atoms with van der Waals surface area (Å²) in [6.07, 6.45) is -0.630. The van der Waals surface area contributed by atoms with E-state index in [1.54, 1.807) is 12.1 Å². The monoisotopic (exact) mass is 205 g/mol. The molecule has 1 aromatic carbocycles. The summed E-state index contributed by atoms with van der Waals surface area (Å²) in [5.41, 5.74) is 1.56. The summed E-state index contributed by atoms with van der Waals surface area (Å²) in [5, 5.41) is 2.58. The molecule has 0 bridgehead atoms. The van der Waals surface area contributed by atoms with Gasteiger partial charge in [-0.15, -0.1) is 0 Å². The third-order valence-corrected chi connectivity index (χ3v) is 2.37. The summed E-state index contributed by atoms with van der Waals surface area (Å²) in [7, 11) is 0. The van der Waals surface area contributed by atoms with Crippen LogP contribution in [-0.2, 0) is 4.74 Å². The maximum Gasteiger partial charge on any atom is 0.407 e. The number of rotatable bonds is 2. The third kappa shape index (κ3) is 1.98. The number of cyclic esters (lactones) is 1. The van der Waals surface area contributed by atoms with E-state index < -0.39 is 6.09 Å². The van der Waals surface area contributed by atoms with Gasteiger partial charge in [0.1, 0.15) is 6.10 Å². The molecule has 15 heavy (non-hydrogen) atoms. The van der Waals surface area contributed by atoms with E-state index >= 15 is 0 Å². The maximum atomic E-state index is 11.0. The Bertz CT molecular complexity index is 397. The number of carbonyl (C=O) groups is 2. The summed E-state index contributed by atoms with van der Waals surface area (Å²) in [5.74, 6) is 0.0306. The number of amides is 1. The van der Waals surface area contributed by atoms with Crippen LogP contribution >= 0.6 is 0 Å². The van der Waals surface area contributed by atoms with Crippen molar-refractivity contribution in [3.8, 4) is 0 Å². The molecule has 4 nitrogen and oxygen atoms in total. The van der Waals surface area contributed by atoms with Crippen LogP contribution in [-0.4, -0.2) is 18.4 Å². The lowest BCUT2D eigenvalue weighted by atomic mass is 10.1. The Balaban J connectivity index is 2.17. The molecule has 0 radical (unpaired) electrons. The van der Waals surface area contributed by atoms with Gasteiger partial charge in [-0.3, -0.25) is 4.79 Å². The van der Waals surface area contributed by atoms with Crippen LogP contribution in [0.3, 0.4) is 0 Å². The molecule has 1 amide bonds. The molecular formula is C11H11NO3. The fourth-order valence-corrected chi connectivity index (χ4v) is 1.51. The van der Waals surface area contributed by atoms with Crippen LogP contribution in [0.1, 0.15) is 28.9 Å². The number of Topliss-reactive ketones (excluding diaryl/α,β-unsaturated/α-hetero) is 1. The zero-order valence-corrected chi connectivity index (χ0v) is 8.32. The molecule has 1 fully saturated rings. The third-order valence-electron chi connectivity index (χ3n) is 2.37. The first kappa shape index (κ1) is 9.71. The van der Waals surface area contributed by atoms with Gasteiger partial charge in [-0.2, -0.15) is 0 Å². The molecule has 0 aromatic heterocycles. The number of hydrogen-bond acceptors (Lipinski definition) is 3. The second kappa shape index (κ2) is 3.73. The lowest BCUT2D eigenvalue weighted by molar-refractivity contribution is 0.101. The van der Waals surface area contributed by atoms with Crippen LogP contribution in [0.5, 0.6) is 0 Å². The van der Waals surface area contributed by atoms with Crippen molar-refractivity contribution in [2.75, 3.05) is 6.54 Å². The highest BCUT2D eigenvalue weighted by atomic mass is 16.6. The molecule has 1 unspecified atom stereocenters. The Morgan fingerprint density at radius 2 is 2.07 bits per heavy atom. The number of nitrogens with one attached hydrogen (secondary N) is 1. The van der Waals surface area contributed by atoms with E-state index in [2.05, 4.69) is 5.32 Å². The van der Waals surface area contributed by atoms with E-state index in [1.165, 1.54) is 6.92 Å². The summed E-state index contributed by atoms with van der Waals surface area (Å²) < 4.78 is 5.01. The molecule has 0 saturated carbocycles. The number of hydrogen-bond donors (Lipinski definition) is 1. The van der Waals surface area contributed by atoms with Gasteiger partial charge in [-0.05, 0) is 12.5 Å². The zero-order valence-electron chi connectivity index (χ0n) is 8.32. The lowest BCUT2D eigenvalue weighted by Gasteiger charge is -2.07. The molecule has 1 aromatic rings. The molecule has 78 valence electrons. The molecule has 1 aliphatic rings. The zero-order chi connectivity index (χ0) is 10.8. The van der Waals surface area contributed by atoms with Gasteiger partial charge >= 0.3 is 6.09 Å². The van der Waals surface area contributed by atoms with Gasteiger partial charge in [0.05, 0.1) is 6.54 Å². The minimum absolute atomic E-state index is 0.0306. The van der Waals surface area contributed by atoms with Gasteiger partial charge < -0.3 is 10.1 Å². The van der Waals surface area contributed by atoms with Gasteiger partial charge in [-0.25, -0.2) is 4.79 Å². The highest BCUT2D eigenvalue weighted by Gasteiger charge is 2.23. The Morgan fingerprint density at radius 3 is 2.53 bits per heavy atom. The molecule has 1 N–H and O–H groups in total. The summed E-state index contributed by atoms with van der Waals surface area (Å²) in [6, 6.07) is 7.09. The van der Waals surface area contributed by atoms with E-state index in [0.717, 1.165) is 5.56 Å². The molecule has 0 aliphatic carbocycles. The predicted octanol–water partition coefficient (Wildman–Crippen LogP) is 1.67. The number of carbonyl (C=O) groups excluding carboxylic acids is 2. The van der Waals surface area contributed by atoms with Crippen LogP contribution in [0.25, 0.3) is 0 Å². The molecule has 1 aliphatic heterocycles. The Labute approximate surface area is 87.2 Å². The SMILES string of the molecule is CC(=O)c1ccc(C2CNC(=O)O2)cc1. The standard InChI is InChI=1S/C11H11NO3/c1-7(13)8-2-4-9(5-3-8)10-6-12-11(14)15-10/h2-5,10H,6H2,1H3,(H,12,14). The summed E-state index contributed by atoms with van der Waals surface area (Å²) in [6.45, 7) is 2.00. The molecule has 0 spiro atoms. The molecule has 4 heteroatoms. The average molecular weight is 205 g/mol. The first-order valence-electron chi connectivity index (χ1n) is 4.72. The van der Waals surface area contributed by atoms with Gasteiger partial charge in [0, 0.05) is 5.56 Å². The quantitative estimate of drug-likeness (QED) is 0.747. The Hall–Kier alpha value is -1.84. The van der Waals surface area contributed by atoms with Gasteiger partial charge in [0.25, 0.3) is 0 Å². The smallest absolute Gasteiger partial charge is 0.407 e. The normalized spacial score (nSPS) is 19.5. The highest BCUT2D eigenvalue weighted by molar-refractivity contribution is 5.94. The number of ketones is 1. The van der Waals surface area contributed by atoms with Crippen LogP contribution in [0, 0.1) is 0 Å². The predicted molar refractivity (Wildman–Crippen MR) is 53.7 cm³/mol. The largest absolute Gasteiger partial charge is 0.439 e. The topological polar surface area (TPSA) is 55.4 Å². The van der Waals surface area contributed by atoms with Crippen molar-refractivity contribution in [1.29, 1.82) is 0 Å². The number of ether oxygens (including phenoxy) is 1.